The highest BCUT2D eigenvalue weighted by atomic mass is 32.1. The summed E-state index contributed by atoms with van der Waals surface area (Å²) in [6.45, 7) is 7.80. The molecule has 1 aromatic carbocycles. The molecule has 2 heterocycles. The van der Waals surface area contributed by atoms with Gasteiger partial charge in [0.2, 0.25) is 17.7 Å². The average Bonchev–Trinajstić information content (AvgIpc) is 3.16. The lowest BCUT2D eigenvalue weighted by molar-refractivity contribution is -0.138. The Kier molecular flexibility index (Phi) is 6.64. The average molecular weight is 415 g/mol. The molecular formula is C21H26N4O3S. The quantitative estimate of drug-likeness (QED) is 0.816. The first-order valence-electron chi connectivity index (χ1n) is 9.70. The van der Waals surface area contributed by atoms with Crippen molar-refractivity contribution in [1.82, 2.24) is 14.8 Å². The summed E-state index contributed by atoms with van der Waals surface area (Å²) >= 11 is 1.37. The summed E-state index contributed by atoms with van der Waals surface area (Å²) in [6.07, 6.45) is 0.269. The maximum Gasteiger partial charge on any atom is 0.226 e. The van der Waals surface area contributed by atoms with Crippen LogP contribution in [0, 0.1) is 13.8 Å². The molecule has 1 aliphatic rings. The van der Waals surface area contributed by atoms with E-state index in [1.54, 1.807) is 9.80 Å². The molecule has 3 amide bonds. The molecule has 1 saturated heterocycles. The molecule has 2 aromatic rings. The van der Waals surface area contributed by atoms with Crippen molar-refractivity contribution in [2.45, 2.75) is 33.6 Å². The number of hydrogen-bond acceptors (Lipinski definition) is 5. The van der Waals surface area contributed by atoms with Gasteiger partial charge >= 0.3 is 0 Å². The second-order valence-corrected chi connectivity index (χ2v) is 8.13. The van der Waals surface area contributed by atoms with Crippen LogP contribution in [0.15, 0.2) is 23.6 Å². The van der Waals surface area contributed by atoms with Gasteiger partial charge in [0.15, 0.2) is 5.13 Å². The number of piperazine rings is 1. The van der Waals surface area contributed by atoms with Crippen molar-refractivity contribution in [2.24, 2.45) is 0 Å². The number of rotatable bonds is 5. The number of benzene rings is 1. The van der Waals surface area contributed by atoms with Crippen molar-refractivity contribution in [3.8, 4) is 11.3 Å². The summed E-state index contributed by atoms with van der Waals surface area (Å²) in [6, 6.07) is 6.16. The van der Waals surface area contributed by atoms with Crippen LogP contribution >= 0.6 is 11.3 Å². The predicted molar refractivity (Wildman–Crippen MR) is 114 cm³/mol. The van der Waals surface area contributed by atoms with Crippen LogP contribution in [0.4, 0.5) is 5.13 Å². The largest absolute Gasteiger partial charge is 0.339 e. The number of carbonyl (C=O) groups excluding carboxylic acids is 3. The van der Waals surface area contributed by atoms with E-state index in [2.05, 4.69) is 36.3 Å². The summed E-state index contributed by atoms with van der Waals surface area (Å²) in [7, 11) is 0. The van der Waals surface area contributed by atoms with Crippen molar-refractivity contribution in [2.75, 3.05) is 31.5 Å². The summed E-state index contributed by atoms with van der Waals surface area (Å²) < 4.78 is 0. The van der Waals surface area contributed by atoms with Gasteiger partial charge in [-0.3, -0.25) is 14.4 Å². The lowest BCUT2D eigenvalue weighted by Crippen LogP contribution is -2.50. The molecule has 154 valence electrons. The third-order valence-electron chi connectivity index (χ3n) is 5.20. The van der Waals surface area contributed by atoms with Crippen molar-refractivity contribution in [3.63, 3.8) is 0 Å². The number of thiazole rings is 1. The second kappa shape index (κ2) is 9.17. The van der Waals surface area contributed by atoms with E-state index in [-0.39, 0.29) is 30.6 Å². The zero-order chi connectivity index (χ0) is 21.0. The Morgan fingerprint density at radius 1 is 1.03 bits per heavy atom. The third kappa shape index (κ3) is 5.41. The van der Waals surface area contributed by atoms with E-state index in [0.717, 1.165) is 11.3 Å². The summed E-state index contributed by atoms with van der Waals surface area (Å²) in [5, 5.41) is 5.23. The third-order valence-corrected chi connectivity index (χ3v) is 5.95. The molecule has 0 bridgehead atoms. The van der Waals surface area contributed by atoms with E-state index in [4.69, 9.17) is 0 Å². The monoisotopic (exact) mass is 414 g/mol. The van der Waals surface area contributed by atoms with Crippen LogP contribution in [0.3, 0.4) is 0 Å². The Bertz CT molecular complexity index is 916. The van der Waals surface area contributed by atoms with Crippen LogP contribution in [0.2, 0.25) is 0 Å². The molecular weight excluding hydrogens is 388 g/mol. The summed E-state index contributed by atoms with van der Waals surface area (Å²) in [5.74, 6) is -0.250. The highest BCUT2D eigenvalue weighted by Crippen LogP contribution is 2.26. The summed E-state index contributed by atoms with van der Waals surface area (Å²) in [5.41, 5.74) is 4.27. The van der Waals surface area contributed by atoms with Gasteiger partial charge in [-0.05, 0) is 31.0 Å². The first kappa shape index (κ1) is 21.0. The van der Waals surface area contributed by atoms with Crippen LogP contribution in [-0.2, 0) is 14.4 Å². The number of nitrogens with zero attached hydrogens (tertiary/aromatic N) is 3. The lowest BCUT2D eigenvalue weighted by Gasteiger charge is -2.34. The Hall–Kier alpha value is -2.74. The van der Waals surface area contributed by atoms with Crippen molar-refractivity contribution < 1.29 is 14.4 Å². The molecule has 0 atom stereocenters. The first-order chi connectivity index (χ1) is 13.8. The fourth-order valence-electron chi connectivity index (χ4n) is 3.20. The topological polar surface area (TPSA) is 82.6 Å². The lowest BCUT2D eigenvalue weighted by atomic mass is 10.1. The molecule has 7 nitrogen and oxygen atoms in total. The maximum atomic E-state index is 12.3. The minimum absolute atomic E-state index is 0.0279. The van der Waals surface area contributed by atoms with Crippen molar-refractivity contribution in [1.29, 1.82) is 0 Å². The first-order valence-corrected chi connectivity index (χ1v) is 10.6. The van der Waals surface area contributed by atoms with Crippen LogP contribution in [-0.4, -0.2) is 58.7 Å². The van der Waals surface area contributed by atoms with E-state index in [1.165, 1.54) is 29.4 Å². The molecule has 0 unspecified atom stereocenters. The fraction of sp³-hybridized carbons (Fsp3) is 0.429. The molecule has 8 heteroatoms. The molecule has 29 heavy (non-hydrogen) atoms. The van der Waals surface area contributed by atoms with Gasteiger partial charge in [-0.25, -0.2) is 4.98 Å². The van der Waals surface area contributed by atoms with Crippen molar-refractivity contribution in [3.05, 3.63) is 34.7 Å². The molecule has 0 spiro atoms. The van der Waals surface area contributed by atoms with Gasteiger partial charge in [-0.1, -0.05) is 12.1 Å². The van der Waals surface area contributed by atoms with Gasteiger partial charge < -0.3 is 15.1 Å². The van der Waals surface area contributed by atoms with E-state index in [9.17, 15) is 14.4 Å². The molecule has 1 aliphatic heterocycles. The Balaban J connectivity index is 1.47. The molecule has 1 fully saturated rings. The molecule has 0 aliphatic carbocycles. The van der Waals surface area contributed by atoms with Gasteiger partial charge in [0.05, 0.1) is 5.69 Å². The maximum absolute atomic E-state index is 12.3. The second-order valence-electron chi connectivity index (χ2n) is 7.27. The van der Waals surface area contributed by atoms with E-state index < -0.39 is 0 Å². The Morgan fingerprint density at radius 3 is 2.38 bits per heavy atom. The number of aryl methyl sites for hydroxylation is 2. The smallest absolute Gasteiger partial charge is 0.226 e. The zero-order valence-corrected chi connectivity index (χ0v) is 17.8. The van der Waals surface area contributed by atoms with E-state index in [1.807, 2.05) is 11.4 Å². The van der Waals surface area contributed by atoms with Crippen LogP contribution < -0.4 is 5.32 Å². The Labute approximate surface area is 174 Å². The minimum Gasteiger partial charge on any atom is -0.339 e. The molecule has 0 saturated carbocycles. The fourth-order valence-corrected chi connectivity index (χ4v) is 3.93. The van der Waals surface area contributed by atoms with E-state index >= 15 is 0 Å². The Morgan fingerprint density at radius 2 is 1.72 bits per heavy atom. The molecule has 1 aromatic heterocycles. The number of amides is 3. The van der Waals surface area contributed by atoms with Gasteiger partial charge in [-0.15, -0.1) is 11.3 Å². The molecule has 3 rings (SSSR count). The number of carbonyl (C=O) groups is 3. The van der Waals surface area contributed by atoms with Crippen LogP contribution in [0.5, 0.6) is 0 Å². The van der Waals surface area contributed by atoms with Gasteiger partial charge in [0.1, 0.15) is 0 Å². The zero-order valence-electron chi connectivity index (χ0n) is 17.0. The highest BCUT2D eigenvalue weighted by Gasteiger charge is 2.22. The molecule has 1 N–H and O–H groups in total. The predicted octanol–water partition coefficient (Wildman–Crippen LogP) is 2.84. The SMILES string of the molecule is CC(=O)N1CCN(C(=O)CCC(=O)Nc2nc(-c3ccc(C)c(C)c3)cs2)CC1. The number of aromatic nitrogens is 1. The van der Waals surface area contributed by atoms with Gasteiger partial charge in [0, 0.05) is 56.9 Å². The minimum atomic E-state index is -0.221. The van der Waals surface area contributed by atoms with E-state index in [0.29, 0.717) is 31.3 Å². The molecule has 0 radical (unpaired) electrons. The van der Waals surface area contributed by atoms with Crippen LogP contribution in [0.25, 0.3) is 11.3 Å². The van der Waals surface area contributed by atoms with Crippen molar-refractivity contribution >= 4 is 34.2 Å². The number of nitrogens with one attached hydrogen (secondary N) is 1. The number of anilines is 1. The standard InChI is InChI=1S/C21H26N4O3S/c1-14-4-5-17(12-15(14)2)18-13-29-21(22-18)23-19(27)6-7-20(28)25-10-8-24(9-11-25)16(3)26/h4-5,12-13H,6-11H2,1-3H3,(H,22,23,27). The highest BCUT2D eigenvalue weighted by molar-refractivity contribution is 7.14. The van der Waals surface area contributed by atoms with Crippen LogP contribution in [0.1, 0.15) is 30.9 Å². The van der Waals surface area contributed by atoms with Gasteiger partial charge in [0.25, 0.3) is 0 Å². The normalized spacial score (nSPS) is 14.0. The number of hydrogen-bond donors (Lipinski definition) is 1. The van der Waals surface area contributed by atoms with Gasteiger partial charge in [-0.2, -0.15) is 0 Å². The summed E-state index contributed by atoms with van der Waals surface area (Å²) in [4.78, 5) is 43.8.